The Kier molecular flexibility index (Phi) is 14.7. The van der Waals surface area contributed by atoms with Gasteiger partial charge < -0.3 is 4.74 Å². The van der Waals surface area contributed by atoms with Crippen molar-refractivity contribution < 1.29 is 9.53 Å². The Balaban J connectivity index is 0. The second-order valence-corrected chi connectivity index (χ2v) is 3.38. The number of hydrogen-bond donors (Lipinski definition) is 0. The van der Waals surface area contributed by atoms with Crippen LogP contribution in [0, 0.1) is 22.7 Å². The van der Waals surface area contributed by atoms with Gasteiger partial charge in [0.2, 0.25) is 0 Å². The average Bonchev–Trinajstić information content (AvgIpc) is 2.37. The lowest BCUT2D eigenvalue weighted by molar-refractivity contribution is -0.139. The topological polar surface area (TPSA) is 73.9 Å². The fourth-order valence-corrected chi connectivity index (χ4v) is 0.940. The van der Waals surface area contributed by atoms with Gasteiger partial charge in [-0.3, -0.25) is 0 Å². The van der Waals surface area contributed by atoms with Gasteiger partial charge in [-0.1, -0.05) is 39.7 Å². The molecule has 0 aliphatic rings. The Morgan fingerprint density at radius 3 is 2.18 bits per heavy atom. The van der Waals surface area contributed by atoms with Crippen LogP contribution in [-0.4, -0.2) is 12.6 Å². The molecule has 94 valence electrons. The predicted molar refractivity (Wildman–Crippen MR) is 65.8 cm³/mol. The molecule has 0 radical (unpaired) electrons. The summed E-state index contributed by atoms with van der Waals surface area (Å²) in [4.78, 5) is 11.1. The standard InChI is InChI=1S/C11H20O2.C2N2/c1-4-6-7-8-9-13-11(12)10(3)5-2;3-1-2-4/h3-9H2,1-2H3;. The van der Waals surface area contributed by atoms with Crippen LogP contribution in [0.2, 0.25) is 0 Å². The van der Waals surface area contributed by atoms with Gasteiger partial charge in [-0.05, 0) is 12.8 Å². The van der Waals surface area contributed by atoms with Crippen LogP contribution < -0.4 is 0 Å². The van der Waals surface area contributed by atoms with Crippen LogP contribution in [0.3, 0.4) is 0 Å². The van der Waals surface area contributed by atoms with E-state index in [9.17, 15) is 4.79 Å². The van der Waals surface area contributed by atoms with E-state index in [0.717, 1.165) is 12.8 Å². The van der Waals surface area contributed by atoms with Crippen molar-refractivity contribution in [2.24, 2.45) is 0 Å². The summed E-state index contributed by atoms with van der Waals surface area (Å²) >= 11 is 0. The van der Waals surface area contributed by atoms with Crippen LogP contribution in [0.25, 0.3) is 0 Å². The molecule has 0 bridgehead atoms. The molecule has 0 saturated heterocycles. The monoisotopic (exact) mass is 236 g/mol. The number of nitriles is 2. The third kappa shape index (κ3) is 14.2. The van der Waals surface area contributed by atoms with Crippen molar-refractivity contribution in [3.63, 3.8) is 0 Å². The molecular formula is C13H20N2O2. The SMILES string of the molecule is C=C(CC)C(=O)OCCCCCC.N#CC#N. The van der Waals surface area contributed by atoms with E-state index in [0.29, 0.717) is 18.6 Å². The van der Waals surface area contributed by atoms with Crippen LogP contribution in [0.15, 0.2) is 12.2 Å². The van der Waals surface area contributed by atoms with E-state index in [1.54, 1.807) is 0 Å². The molecule has 0 aromatic heterocycles. The summed E-state index contributed by atoms with van der Waals surface area (Å²) in [5.41, 5.74) is 0.565. The molecule has 0 unspecified atom stereocenters. The minimum Gasteiger partial charge on any atom is -0.462 e. The number of ether oxygens (including phenoxy) is 1. The Morgan fingerprint density at radius 1 is 1.18 bits per heavy atom. The Hall–Kier alpha value is -1.81. The minimum absolute atomic E-state index is 0.237. The van der Waals surface area contributed by atoms with Gasteiger partial charge in [0.15, 0.2) is 12.1 Å². The number of rotatable bonds is 7. The summed E-state index contributed by atoms with van der Waals surface area (Å²) in [6.45, 7) is 8.21. The van der Waals surface area contributed by atoms with Crippen LogP contribution in [-0.2, 0) is 9.53 Å². The summed E-state index contributed by atoms with van der Waals surface area (Å²) in [5.74, 6) is -0.237. The van der Waals surface area contributed by atoms with Gasteiger partial charge in [0, 0.05) is 5.57 Å². The van der Waals surface area contributed by atoms with E-state index in [-0.39, 0.29) is 5.97 Å². The van der Waals surface area contributed by atoms with Crippen LogP contribution in [0.4, 0.5) is 0 Å². The first-order chi connectivity index (χ1) is 8.13. The van der Waals surface area contributed by atoms with Crippen molar-refractivity contribution in [2.45, 2.75) is 46.0 Å². The zero-order chi connectivity index (χ0) is 13.5. The highest BCUT2D eigenvalue weighted by molar-refractivity contribution is 5.87. The first-order valence-electron chi connectivity index (χ1n) is 5.77. The van der Waals surface area contributed by atoms with Gasteiger partial charge in [0.05, 0.1) is 6.61 Å². The maximum Gasteiger partial charge on any atom is 0.333 e. The molecule has 17 heavy (non-hydrogen) atoms. The smallest absolute Gasteiger partial charge is 0.333 e. The van der Waals surface area contributed by atoms with E-state index in [4.69, 9.17) is 15.3 Å². The Labute approximate surface area is 103 Å². The molecule has 0 amide bonds. The summed E-state index contributed by atoms with van der Waals surface area (Å²) in [6.07, 6.45) is 5.20. The van der Waals surface area contributed by atoms with E-state index in [1.165, 1.54) is 25.0 Å². The second-order valence-electron chi connectivity index (χ2n) is 3.38. The molecule has 0 saturated carbocycles. The molecule has 0 heterocycles. The highest BCUT2D eigenvalue weighted by Crippen LogP contribution is 2.03. The lowest BCUT2D eigenvalue weighted by Crippen LogP contribution is -2.07. The van der Waals surface area contributed by atoms with Gasteiger partial charge in [0.25, 0.3) is 0 Å². The van der Waals surface area contributed by atoms with Crippen LogP contribution >= 0.6 is 0 Å². The third-order valence-corrected chi connectivity index (χ3v) is 2.00. The Bertz CT molecular complexity index is 286. The molecule has 0 N–H and O–H groups in total. The van der Waals surface area contributed by atoms with Crippen molar-refractivity contribution in [3.05, 3.63) is 12.2 Å². The first-order valence-corrected chi connectivity index (χ1v) is 5.77. The third-order valence-electron chi connectivity index (χ3n) is 2.00. The van der Waals surface area contributed by atoms with Gasteiger partial charge in [0.1, 0.15) is 0 Å². The minimum atomic E-state index is -0.237. The zero-order valence-corrected chi connectivity index (χ0v) is 10.7. The van der Waals surface area contributed by atoms with E-state index in [1.807, 2.05) is 6.92 Å². The molecule has 4 nitrogen and oxygen atoms in total. The van der Waals surface area contributed by atoms with Gasteiger partial charge in [-0.15, -0.1) is 0 Å². The maximum absolute atomic E-state index is 11.1. The van der Waals surface area contributed by atoms with Gasteiger partial charge >= 0.3 is 5.97 Å². The number of nitrogens with zero attached hydrogens (tertiary/aromatic N) is 2. The highest BCUT2D eigenvalue weighted by Gasteiger charge is 2.04. The van der Waals surface area contributed by atoms with Crippen molar-refractivity contribution in [1.29, 1.82) is 10.5 Å². The normalized spacial score (nSPS) is 8.00. The van der Waals surface area contributed by atoms with Crippen LogP contribution in [0.5, 0.6) is 0 Å². The first kappa shape index (κ1) is 17.6. The van der Waals surface area contributed by atoms with Crippen molar-refractivity contribution in [3.8, 4) is 12.1 Å². The summed E-state index contributed by atoms with van der Waals surface area (Å²) in [5, 5.41) is 14.5. The predicted octanol–water partition coefficient (Wildman–Crippen LogP) is 3.11. The highest BCUT2D eigenvalue weighted by atomic mass is 16.5. The van der Waals surface area contributed by atoms with Crippen molar-refractivity contribution >= 4 is 5.97 Å². The lowest BCUT2D eigenvalue weighted by atomic mass is 10.2. The molecule has 0 aliphatic carbocycles. The summed E-state index contributed by atoms with van der Waals surface area (Å²) in [7, 11) is 0. The van der Waals surface area contributed by atoms with Crippen molar-refractivity contribution in [2.75, 3.05) is 6.61 Å². The van der Waals surface area contributed by atoms with E-state index < -0.39 is 0 Å². The van der Waals surface area contributed by atoms with E-state index in [2.05, 4.69) is 13.5 Å². The number of unbranched alkanes of at least 4 members (excludes halogenated alkanes) is 3. The molecule has 0 aromatic rings. The summed E-state index contributed by atoms with van der Waals surface area (Å²) < 4.78 is 5.00. The van der Waals surface area contributed by atoms with Gasteiger partial charge in [-0.25, -0.2) is 4.79 Å². The lowest BCUT2D eigenvalue weighted by Gasteiger charge is -2.04. The molecule has 0 aliphatic heterocycles. The molecule has 0 atom stereocenters. The second kappa shape index (κ2) is 14.2. The van der Waals surface area contributed by atoms with Crippen LogP contribution in [0.1, 0.15) is 46.0 Å². The largest absolute Gasteiger partial charge is 0.462 e. The molecule has 4 heteroatoms. The number of carbonyl (C=O) groups is 1. The molecule has 0 aromatic carbocycles. The number of esters is 1. The average molecular weight is 236 g/mol. The quantitative estimate of drug-likeness (QED) is 0.386. The number of carbonyl (C=O) groups excluding carboxylic acids is 1. The Morgan fingerprint density at radius 2 is 1.76 bits per heavy atom. The molecule has 0 spiro atoms. The fourth-order valence-electron chi connectivity index (χ4n) is 0.940. The number of hydrogen-bond acceptors (Lipinski definition) is 4. The maximum atomic E-state index is 11.1. The van der Waals surface area contributed by atoms with Gasteiger partial charge in [-0.2, -0.15) is 10.5 Å². The molecule has 0 rings (SSSR count). The summed E-state index contributed by atoms with van der Waals surface area (Å²) in [6, 6.07) is 2.47. The van der Waals surface area contributed by atoms with Crippen molar-refractivity contribution in [1.82, 2.24) is 0 Å². The molecule has 0 fully saturated rings. The van der Waals surface area contributed by atoms with E-state index >= 15 is 0 Å². The molecular weight excluding hydrogens is 216 g/mol. The fraction of sp³-hybridized carbons (Fsp3) is 0.615. The zero-order valence-electron chi connectivity index (χ0n) is 10.7.